The minimum absolute atomic E-state index is 0.00866. The van der Waals surface area contributed by atoms with Gasteiger partial charge in [-0.2, -0.15) is 0 Å². The lowest BCUT2D eigenvalue weighted by molar-refractivity contribution is -0.142. The highest BCUT2D eigenvalue weighted by molar-refractivity contribution is 8.14. The second kappa shape index (κ2) is 5.42. The van der Waals surface area contributed by atoms with Gasteiger partial charge in [0.05, 0.1) is 11.8 Å². The third-order valence-electron chi connectivity index (χ3n) is 4.35. The molecule has 0 atom stereocenters. The number of aromatic nitrogens is 1. The Bertz CT molecular complexity index is 794. The van der Waals surface area contributed by atoms with Gasteiger partial charge in [-0.15, -0.1) is 0 Å². The van der Waals surface area contributed by atoms with E-state index in [1.54, 1.807) is 4.90 Å². The number of para-hydroxylation sites is 1. The van der Waals surface area contributed by atoms with Gasteiger partial charge >= 0.3 is 0 Å². The van der Waals surface area contributed by atoms with Gasteiger partial charge in [-0.3, -0.25) is 19.3 Å². The Morgan fingerprint density at radius 1 is 1.17 bits per heavy atom. The number of thioether (sulfide) groups is 1. The van der Waals surface area contributed by atoms with Crippen molar-refractivity contribution in [3.8, 4) is 0 Å². The third-order valence-corrected chi connectivity index (χ3v) is 5.19. The van der Waals surface area contributed by atoms with Crippen LogP contribution in [-0.2, 0) is 16.1 Å². The summed E-state index contributed by atoms with van der Waals surface area (Å²) in [5.41, 5.74) is 1.03. The van der Waals surface area contributed by atoms with E-state index in [1.807, 2.05) is 41.1 Å². The Balaban J connectivity index is 1.40. The second-order valence-corrected chi connectivity index (χ2v) is 6.70. The van der Waals surface area contributed by atoms with Crippen molar-refractivity contribution in [1.29, 1.82) is 0 Å². The molecule has 0 radical (unpaired) electrons. The number of benzene rings is 1. The largest absolute Gasteiger partial charge is 0.338 e. The molecule has 0 aliphatic carbocycles. The molecular weight excluding hydrogens is 314 g/mol. The average molecular weight is 329 g/mol. The average Bonchev–Trinajstić information content (AvgIpc) is 3.04. The molecule has 1 aromatic heterocycles. The van der Waals surface area contributed by atoms with Crippen molar-refractivity contribution in [1.82, 2.24) is 14.4 Å². The standard InChI is InChI=1S/C16H15N3O3S/c20-14(9-17-6-5-11-3-1-2-4-13(11)17)18-7-12(8-18)19-15(21)10-23-16(19)22/h1-6,12H,7-10H2. The molecule has 23 heavy (non-hydrogen) atoms. The lowest BCUT2D eigenvalue weighted by Crippen LogP contribution is -2.62. The van der Waals surface area contributed by atoms with E-state index < -0.39 is 0 Å². The molecule has 7 heteroatoms. The molecular formula is C16H15N3O3S. The van der Waals surface area contributed by atoms with Crippen molar-refractivity contribution in [3.05, 3.63) is 36.5 Å². The van der Waals surface area contributed by atoms with Crippen LogP contribution in [0.4, 0.5) is 4.79 Å². The van der Waals surface area contributed by atoms with Crippen LogP contribution in [0, 0.1) is 0 Å². The van der Waals surface area contributed by atoms with Crippen LogP contribution >= 0.6 is 11.8 Å². The molecule has 4 rings (SSSR count). The number of nitrogens with zero attached hydrogens (tertiary/aromatic N) is 3. The van der Waals surface area contributed by atoms with Gasteiger partial charge in [0.1, 0.15) is 6.54 Å². The summed E-state index contributed by atoms with van der Waals surface area (Å²) in [6.45, 7) is 1.16. The first-order chi connectivity index (χ1) is 11.1. The fourth-order valence-electron chi connectivity index (χ4n) is 3.06. The lowest BCUT2D eigenvalue weighted by Gasteiger charge is -2.42. The number of rotatable bonds is 3. The maximum atomic E-state index is 12.4. The molecule has 2 saturated heterocycles. The van der Waals surface area contributed by atoms with Crippen LogP contribution in [0.15, 0.2) is 36.5 Å². The number of hydrogen-bond donors (Lipinski definition) is 0. The molecule has 2 fully saturated rings. The van der Waals surface area contributed by atoms with Crippen molar-refractivity contribution in [2.24, 2.45) is 0 Å². The van der Waals surface area contributed by atoms with Crippen LogP contribution in [0.3, 0.4) is 0 Å². The van der Waals surface area contributed by atoms with E-state index >= 15 is 0 Å². The zero-order valence-corrected chi connectivity index (χ0v) is 13.2. The van der Waals surface area contributed by atoms with Crippen molar-refractivity contribution in [2.45, 2.75) is 12.6 Å². The van der Waals surface area contributed by atoms with Crippen LogP contribution in [0.25, 0.3) is 10.9 Å². The Kier molecular flexibility index (Phi) is 3.37. The lowest BCUT2D eigenvalue weighted by atomic mass is 10.1. The highest BCUT2D eigenvalue weighted by Gasteiger charge is 2.43. The number of carbonyl (C=O) groups is 3. The summed E-state index contributed by atoms with van der Waals surface area (Å²) in [7, 11) is 0. The van der Waals surface area contributed by atoms with Gasteiger partial charge in [-0.1, -0.05) is 30.0 Å². The van der Waals surface area contributed by atoms with Crippen LogP contribution < -0.4 is 0 Å². The summed E-state index contributed by atoms with van der Waals surface area (Å²) < 4.78 is 1.92. The molecule has 0 spiro atoms. The quantitative estimate of drug-likeness (QED) is 0.857. The zero-order chi connectivity index (χ0) is 16.0. The topological polar surface area (TPSA) is 62.6 Å². The Hall–Kier alpha value is -2.28. The molecule has 6 nitrogen and oxygen atoms in total. The smallest absolute Gasteiger partial charge is 0.289 e. The van der Waals surface area contributed by atoms with Crippen LogP contribution in [0.5, 0.6) is 0 Å². The SMILES string of the molecule is O=C(Cn1ccc2ccccc21)N1CC(N2C(=O)CSC2=O)C1. The number of likely N-dealkylation sites (tertiary alicyclic amines) is 1. The Labute approximate surface area is 137 Å². The fourth-order valence-corrected chi connectivity index (χ4v) is 3.84. The van der Waals surface area contributed by atoms with Gasteiger partial charge in [0.2, 0.25) is 11.8 Å². The van der Waals surface area contributed by atoms with Crippen LogP contribution in [0.1, 0.15) is 0 Å². The fraction of sp³-hybridized carbons (Fsp3) is 0.312. The second-order valence-electron chi connectivity index (χ2n) is 5.77. The zero-order valence-electron chi connectivity index (χ0n) is 12.3. The first kappa shape index (κ1) is 14.3. The van der Waals surface area contributed by atoms with Gasteiger partial charge < -0.3 is 9.47 Å². The number of amides is 3. The Morgan fingerprint density at radius 2 is 1.96 bits per heavy atom. The summed E-state index contributed by atoms with van der Waals surface area (Å²) in [5.74, 6) is 0.0846. The first-order valence-electron chi connectivity index (χ1n) is 7.44. The molecule has 0 saturated carbocycles. The number of carbonyl (C=O) groups excluding carboxylic acids is 3. The molecule has 0 unspecified atom stereocenters. The van der Waals surface area contributed by atoms with Gasteiger partial charge in [0.15, 0.2) is 0 Å². The monoisotopic (exact) mass is 329 g/mol. The van der Waals surface area contributed by atoms with Crippen molar-refractivity contribution in [2.75, 3.05) is 18.8 Å². The van der Waals surface area contributed by atoms with Gasteiger partial charge in [0, 0.05) is 24.8 Å². The summed E-state index contributed by atoms with van der Waals surface area (Å²) in [4.78, 5) is 38.7. The molecule has 2 aliphatic heterocycles. The van der Waals surface area contributed by atoms with E-state index in [1.165, 1.54) is 4.90 Å². The number of imide groups is 1. The van der Waals surface area contributed by atoms with Crippen molar-refractivity contribution >= 4 is 39.7 Å². The summed E-state index contributed by atoms with van der Waals surface area (Å²) in [6, 6.07) is 9.75. The summed E-state index contributed by atoms with van der Waals surface area (Å²) >= 11 is 1.04. The van der Waals surface area contributed by atoms with Gasteiger partial charge in [-0.05, 0) is 17.5 Å². The molecule has 0 bridgehead atoms. The molecule has 118 valence electrons. The molecule has 0 N–H and O–H groups in total. The maximum Gasteiger partial charge on any atom is 0.289 e. The van der Waals surface area contributed by atoms with E-state index in [9.17, 15) is 14.4 Å². The van der Waals surface area contributed by atoms with Gasteiger partial charge in [-0.25, -0.2) is 0 Å². The predicted molar refractivity (Wildman–Crippen MR) is 87.0 cm³/mol. The molecule has 3 heterocycles. The van der Waals surface area contributed by atoms with E-state index in [2.05, 4.69) is 0 Å². The molecule has 1 aromatic carbocycles. The maximum absolute atomic E-state index is 12.4. The van der Waals surface area contributed by atoms with Gasteiger partial charge in [0.25, 0.3) is 5.24 Å². The van der Waals surface area contributed by atoms with E-state index in [0.29, 0.717) is 13.1 Å². The minimum atomic E-state index is -0.191. The number of fused-ring (bicyclic) bond motifs is 1. The molecule has 2 aromatic rings. The van der Waals surface area contributed by atoms with Crippen molar-refractivity contribution in [3.63, 3.8) is 0 Å². The third kappa shape index (κ3) is 2.41. The normalized spacial score (nSPS) is 18.8. The highest BCUT2D eigenvalue weighted by atomic mass is 32.2. The first-order valence-corrected chi connectivity index (χ1v) is 8.42. The van der Waals surface area contributed by atoms with Crippen LogP contribution in [0.2, 0.25) is 0 Å². The molecule has 2 aliphatic rings. The van der Waals surface area contributed by atoms with E-state index in [0.717, 1.165) is 22.7 Å². The predicted octanol–water partition coefficient (Wildman–Crippen LogP) is 1.55. The summed E-state index contributed by atoms with van der Waals surface area (Å²) in [6.07, 6.45) is 1.91. The minimum Gasteiger partial charge on any atom is -0.338 e. The number of hydrogen-bond acceptors (Lipinski definition) is 4. The Morgan fingerprint density at radius 3 is 2.70 bits per heavy atom. The molecule has 3 amide bonds. The van der Waals surface area contributed by atoms with Crippen LogP contribution in [-0.4, -0.2) is 56.3 Å². The highest BCUT2D eigenvalue weighted by Crippen LogP contribution is 2.26. The van der Waals surface area contributed by atoms with Crippen molar-refractivity contribution < 1.29 is 14.4 Å². The summed E-state index contributed by atoms with van der Waals surface area (Å²) in [5, 5.41) is 0.913. The van der Waals surface area contributed by atoms with E-state index in [4.69, 9.17) is 0 Å². The van der Waals surface area contributed by atoms with E-state index in [-0.39, 0.29) is 35.4 Å².